The van der Waals surface area contributed by atoms with Gasteiger partial charge in [-0.1, -0.05) is 6.07 Å². The maximum atomic E-state index is 13.7. The standard InChI is InChI=1S/C24H18F4N2O4/c25-16-2-1-15(8-22(31)32)21(9-16)33-11-13-5-18(14-3-4-30-17(7-14)10-29)23-19(6-13)20(12-34-23)24(26,27)28/h1-7,9,12H,8,10-11,29H2,(H,31,32). The quantitative estimate of drug-likeness (QED) is 0.352. The van der Waals surface area contributed by atoms with Crippen LogP contribution in [-0.4, -0.2) is 16.1 Å². The Bertz CT molecular complexity index is 1370. The molecule has 0 saturated heterocycles. The fourth-order valence-electron chi connectivity index (χ4n) is 3.60. The zero-order valence-corrected chi connectivity index (χ0v) is 17.5. The Kier molecular flexibility index (Phi) is 6.25. The number of nitrogens with zero attached hydrogens (tertiary/aromatic N) is 1. The van der Waals surface area contributed by atoms with Gasteiger partial charge in [0.25, 0.3) is 0 Å². The molecule has 0 amide bonds. The number of pyridine rings is 1. The van der Waals surface area contributed by atoms with Gasteiger partial charge in [0.05, 0.1) is 12.1 Å². The van der Waals surface area contributed by atoms with Gasteiger partial charge in [0.15, 0.2) is 0 Å². The molecule has 0 bridgehead atoms. The summed E-state index contributed by atoms with van der Waals surface area (Å²) in [6.45, 7) is -0.103. The number of hydrogen-bond acceptors (Lipinski definition) is 5. The van der Waals surface area contributed by atoms with E-state index in [1.54, 1.807) is 18.2 Å². The maximum Gasteiger partial charge on any atom is 0.420 e. The Labute approximate surface area is 190 Å². The van der Waals surface area contributed by atoms with Crippen LogP contribution in [-0.2, 0) is 30.5 Å². The van der Waals surface area contributed by atoms with Crippen LogP contribution in [0.4, 0.5) is 17.6 Å². The largest absolute Gasteiger partial charge is 0.488 e. The summed E-state index contributed by atoms with van der Waals surface area (Å²) in [5.74, 6) is -1.79. The van der Waals surface area contributed by atoms with Gasteiger partial charge in [-0.05, 0) is 41.5 Å². The van der Waals surface area contributed by atoms with Crippen LogP contribution in [0.15, 0.2) is 59.3 Å². The van der Waals surface area contributed by atoms with E-state index >= 15 is 0 Å². The number of halogens is 4. The van der Waals surface area contributed by atoms with Crippen molar-refractivity contribution in [3.63, 3.8) is 0 Å². The first kappa shape index (κ1) is 23.2. The summed E-state index contributed by atoms with van der Waals surface area (Å²) in [5, 5.41) is 8.91. The third-order valence-corrected chi connectivity index (χ3v) is 5.14. The van der Waals surface area contributed by atoms with Crippen LogP contribution < -0.4 is 10.5 Å². The van der Waals surface area contributed by atoms with E-state index in [0.717, 1.165) is 12.1 Å². The van der Waals surface area contributed by atoms with Crippen molar-refractivity contribution in [3.8, 4) is 16.9 Å². The number of alkyl halides is 3. The van der Waals surface area contributed by atoms with E-state index in [0.29, 0.717) is 28.6 Å². The van der Waals surface area contributed by atoms with Crippen molar-refractivity contribution in [3.05, 3.63) is 83.1 Å². The third kappa shape index (κ3) is 4.86. The van der Waals surface area contributed by atoms with E-state index in [9.17, 15) is 22.4 Å². The second kappa shape index (κ2) is 9.14. The molecule has 6 nitrogen and oxygen atoms in total. The van der Waals surface area contributed by atoms with Crippen LogP contribution in [0.1, 0.15) is 22.4 Å². The number of benzene rings is 2. The molecule has 0 saturated carbocycles. The lowest BCUT2D eigenvalue weighted by Crippen LogP contribution is -2.06. The molecule has 2 aromatic heterocycles. The van der Waals surface area contributed by atoms with Gasteiger partial charge in [0.1, 0.15) is 35.6 Å². The summed E-state index contributed by atoms with van der Waals surface area (Å²) in [4.78, 5) is 15.2. The van der Waals surface area contributed by atoms with Gasteiger partial charge in [-0.3, -0.25) is 9.78 Å². The van der Waals surface area contributed by atoms with Crippen LogP contribution in [0.3, 0.4) is 0 Å². The van der Waals surface area contributed by atoms with Crippen LogP contribution in [0.2, 0.25) is 0 Å². The van der Waals surface area contributed by atoms with Gasteiger partial charge < -0.3 is 20.0 Å². The summed E-state index contributed by atoms with van der Waals surface area (Å²) in [7, 11) is 0. The zero-order chi connectivity index (χ0) is 24.5. The molecule has 0 aliphatic rings. The normalized spacial score (nSPS) is 11.7. The first-order chi connectivity index (χ1) is 16.2. The molecule has 0 fully saturated rings. The average Bonchev–Trinajstić information content (AvgIpc) is 3.23. The molecule has 0 aliphatic heterocycles. The minimum Gasteiger partial charge on any atom is -0.488 e. The molecule has 0 aliphatic carbocycles. The number of furan rings is 1. The lowest BCUT2D eigenvalue weighted by atomic mass is 9.99. The first-order valence-electron chi connectivity index (χ1n) is 10.1. The minimum atomic E-state index is -4.65. The van der Waals surface area contributed by atoms with Crippen molar-refractivity contribution >= 4 is 16.9 Å². The number of aliphatic carboxylic acids is 1. The fourth-order valence-corrected chi connectivity index (χ4v) is 3.60. The van der Waals surface area contributed by atoms with Crippen LogP contribution >= 0.6 is 0 Å². The van der Waals surface area contributed by atoms with Gasteiger partial charge in [-0.25, -0.2) is 4.39 Å². The van der Waals surface area contributed by atoms with E-state index in [1.807, 2.05) is 0 Å². The van der Waals surface area contributed by atoms with E-state index in [-0.39, 0.29) is 35.4 Å². The molecule has 3 N–H and O–H groups in total. The minimum absolute atomic E-state index is 0.0124. The van der Waals surface area contributed by atoms with E-state index < -0.39 is 29.9 Å². The molecule has 34 heavy (non-hydrogen) atoms. The topological polar surface area (TPSA) is 98.6 Å². The van der Waals surface area contributed by atoms with Gasteiger partial charge in [0.2, 0.25) is 0 Å². The molecule has 0 radical (unpaired) electrons. The summed E-state index contributed by atoms with van der Waals surface area (Å²) in [6, 6.07) is 9.57. The van der Waals surface area contributed by atoms with E-state index in [2.05, 4.69) is 4.98 Å². The highest BCUT2D eigenvalue weighted by atomic mass is 19.4. The molecule has 0 atom stereocenters. The lowest BCUT2D eigenvalue weighted by Gasteiger charge is -2.13. The second-order valence-corrected chi connectivity index (χ2v) is 7.52. The van der Waals surface area contributed by atoms with E-state index in [4.69, 9.17) is 20.0 Å². The van der Waals surface area contributed by atoms with Gasteiger partial charge >= 0.3 is 12.1 Å². The van der Waals surface area contributed by atoms with Crippen LogP contribution in [0.5, 0.6) is 5.75 Å². The highest BCUT2D eigenvalue weighted by Gasteiger charge is 2.35. The van der Waals surface area contributed by atoms with Gasteiger partial charge in [-0.2, -0.15) is 13.2 Å². The number of aromatic nitrogens is 1. The number of ether oxygens (including phenoxy) is 1. The van der Waals surface area contributed by atoms with Crippen molar-refractivity contribution in [1.82, 2.24) is 4.98 Å². The molecule has 2 aromatic carbocycles. The average molecular weight is 474 g/mol. The fraction of sp³-hybridized carbons (Fsp3) is 0.167. The Morgan fingerprint density at radius 1 is 1.15 bits per heavy atom. The monoisotopic (exact) mass is 474 g/mol. The van der Waals surface area contributed by atoms with Gasteiger partial charge in [-0.15, -0.1) is 0 Å². The summed E-state index contributed by atoms with van der Waals surface area (Å²) in [5.41, 5.74) is 6.75. The number of nitrogens with two attached hydrogens (primary N) is 1. The summed E-state index contributed by atoms with van der Waals surface area (Å²) in [6.07, 6.45) is -2.91. The van der Waals surface area contributed by atoms with Crippen molar-refractivity contribution in [2.75, 3.05) is 0 Å². The van der Waals surface area contributed by atoms with Crippen molar-refractivity contribution < 1.29 is 36.6 Å². The van der Waals surface area contributed by atoms with Crippen molar-refractivity contribution in [1.29, 1.82) is 0 Å². The van der Waals surface area contributed by atoms with E-state index in [1.165, 1.54) is 18.3 Å². The molecular weight excluding hydrogens is 456 g/mol. The summed E-state index contributed by atoms with van der Waals surface area (Å²) < 4.78 is 65.5. The number of rotatable bonds is 7. The van der Waals surface area contributed by atoms with Crippen LogP contribution in [0.25, 0.3) is 22.1 Å². The molecule has 176 valence electrons. The SMILES string of the molecule is NCc1cc(-c2cc(COc3cc(F)ccc3CC(=O)O)cc3c(C(F)(F)F)coc23)ccn1. The third-order valence-electron chi connectivity index (χ3n) is 5.14. The lowest BCUT2D eigenvalue weighted by molar-refractivity contribution is -0.137. The summed E-state index contributed by atoms with van der Waals surface area (Å²) >= 11 is 0. The zero-order valence-electron chi connectivity index (χ0n) is 17.5. The molecule has 2 heterocycles. The molecular formula is C24H18F4N2O4. The van der Waals surface area contributed by atoms with Crippen LogP contribution in [0, 0.1) is 5.82 Å². The Hall–Kier alpha value is -3.92. The molecule has 0 spiro atoms. The molecule has 0 unspecified atom stereocenters. The smallest absolute Gasteiger partial charge is 0.420 e. The number of carboxylic acids is 1. The molecule has 4 rings (SSSR count). The van der Waals surface area contributed by atoms with Gasteiger partial charge in [0, 0.05) is 35.3 Å². The second-order valence-electron chi connectivity index (χ2n) is 7.52. The highest BCUT2D eigenvalue weighted by Crippen LogP contribution is 2.40. The Morgan fingerprint density at radius 2 is 1.94 bits per heavy atom. The van der Waals surface area contributed by atoms with Crippen molar-refractivity contribution in [2.24, 2.45) is 5.73 Å². The first-order valence-corrected chi connectivity index (χ1v) is 10.1. The molecule has 10 heteroatoms. The Morgan fingerprint density at radius 3 is 2.65 bits per heavy atom. The predicted molar refractivity (Wildman–Crippen MR) is 114 cm³/mol. The molecule has 4 aromatic rings. The maximum absolute atomic E-state index is 13.7. The highest BCUT2D eigenvalue weighted by molar-refractivity contribution is 5.95. The number of carboxylic acid groups (broad SMARTS) is 1. The number of fused-ring (bicyclic) bond motifs is 1. The number of hydrogen-bond donors (Lipinski definition) is 2. The number of carbonyl (C=O) groups is 1. The van der Waals surface area contributed by atoms with Crippen molar-refractivity contribution in [2.45, 2.75) is 25.7 Å². The predicted octanol–water partition coefficient (Wildman–Crippen LogP) is 5.32. The Balaban J connectivity index is 1.79.